The lowest BCUT2D eigenvalue weighted by atomic mass is 10.1. The van der Waals surface area contributed by atoms with Crippen LogP contribution in [0.5, 0.6) is 0 Å². The van der Waals surface area contributed by atoms with Gasteiger partial charge in [0, 0.05) is 25.6 Å². The number of hydrogen-bond donors (Lipinski definition) is 1. The number of hydrogen-bond acceptors (Lipinski definition) is 5. The Labute approximate surface area is 147 Å². The lowest BCUT2D eigenvalue weighted by molar-refractivity contribution is -0.133. The van der Waals surface area contributed by atoms with Gasteiger partial charge in [-0.1, -0.05) is 35.5 Å². The number of aromatic nitrogens is 1. The van der Waals surface area contributed by atoms with Gasteiger partial charge in [0.2, 0.25) is 0 Å². The quantitative estimate of drug-likeness (QED) is 0.906. The van der Waals surface area contributed by atoms with E-state index in [1.54, 1.807) is 0 Å². The number of ether oxygens (including phenoxy) is 1. The Hall–Kier alpha value is -2.18. The van der Waals surface area contributed by atoms with E-state index >= 15 is 0 Å². The van der Waals surface area contributed by atoms with Crippen molar-refractivity contribution in [3.8, 4) is 0 Å². The predicted molar refractivity (Wildman–Crippen MR) is 93.3 cm³/mol. The zero-order valence-corrected chi connectivity index (χ0v) is 14.4. The highest BCUT2D eigenvalue weighted by Crippen LogP contribution is 2.44. The lowest BCUT2D eigenvalue weighted by Gasteiger charge is -2.32. The van der Waals surface area contributed by atoms with Crippen molar-refractivity contribution in [3.05, 3.63) is 47.3 Å². The monoisotopic (exact) mass is 341 g/mol. The molecule has 132 valence electrons. The Kier molecular flexibility index (Phi) is 4.55. The summed E-state index contributed by atoms with van der Waals surface area (Å²) in [5, 5.41) is 6.99. The highest BCUT2D eigenvalue weighted by molar-refractivity contribution is 5.95. The van der Waals surface area contributed by atoms with Crippen LogP contribution in [-0.4, -0.2) is 41.8 Å². The molecule has 1 aromatic carbocycles. The van der Waals surface area contributed by atoms with Crippen LogP contribution in [0.3, 0.4) is 0 Å². The van der Waals surface area contributed by atoms with E-state index in [-0.39, 0.29) is 5.91 Å². The van der Waals surface area contributed by atoms with E-state index < -0.39 is 6.10 Å². The van der Waals surface area contributed by atoms with Crippen LogP contribution in [0.1, 0.15) is 35.8 Å². The summed E-state index contributed by atoms with van der Waals surface area (Å²) < 4.78 is 11.1. The van der Waals surface area contributed by atoms with Gasteiger partial charge in [-0.3, -0.25) is 9.69 Å². The van der Waals surface area contributed by atoms with Gasteiger partial charge >= 0.3 is 0 Å². The number of aryl methyl sites for hydroxylation is 1. The molecule has 1 atom stereocenters. The Morgan fingerprint density at radius 2 is 2.12 bits per heavy atom. The summed E-state index contributed by atoms with van der Waals surface area (Å²) in [6, 6.07) is 10.3. The van der Waals surface area contributed by atoms with E-state index in [0.29, 0.717) is 19.1 Å². The first-order chi connectivity index (χ1) is 12.2. The second kappa shape index (κ2) is 6.98. The van der Waals surface area contributed by atoms with E-state index in [9.17, 15) is 4.79 Å². The van der Waals surface area contributed by atoms with E-state index in [4.69, 9.17) is 9.26 Å². The van der Waals surface area contributed by atoms with Crippen molar-refractivity contribution in [1.82, 2.24) is 10.1 Å². The molecule has 0 bridgehead atoms. The number of benzene rings is 1. The van der Waals surface area contributed by atoms with Crippen molar-refractivity contribution < 1.29 is 14.1 Å². The molecule has 0 spiro atoms. The topological polar surface area (TPSA) is 67.6 Å². The van der Waals surface area contributed by atoms with E-state index in [2.05, 4.69) is 27.5 Å². The molecule has 25 heavy (non-hydrogen) atoms. The SMILES string of the molecule is Cc1noc(C2CC2)c1NC(=O)C1CN(Cc2ccccc2)CCO1. The summed E-state index contributed by atoms with van der Waals surface area (Å²) in [7, 11) is 0. The summed E-state index contributed by atoms with van der Waals surface area (Å²) in [5.41, 5.74) is 2.71. The number of nitrogens with one attached hydrogen (secondary N) is 1. The Morgan fingerprint density at radius 1 is 1.32 bits per heavy atom. The molecule has 6 heteroatoms. The molecule has 4 rings (SSSR count). The van der Waals surface area contributed by atoms with Gasteiger partial charge in [0.05, 0.1) is 6.61 Å². The molecule has 1 N–H and O–H groups in total. The smallest absolute Gasteiger partial charge is 0.254 e. The number of anilines is 1. The van der Waals surface area contributed by atoms with Crippen LogP contribution >= 0.6 is 0 Å². The van der Waals surface area contributed by atoms with Gasteiger partial charge in [0.1, 0.15) is 17.5 Å². The first kappa shape index (κ1) is 16.3. The third kappa shape index (κ3) is 3.75. The van der Waals surface area contributed by atoms with Gasteiger partial charge in [-0.25, -0.2) is 0 Å². The van der Waals surface area contributed by atoms with Crippen LogP contribution in [0.4, 0.5) is 5.69 Å². The molecule has 2 heterocycles. The Balaban J connectivity index is 1.39. The minimum atomic E-state index is -0.473. The van der Waals surface area contributed by atoms with Gasteiger partial charge in [0.15, 0.2) is 5.76 Å². The van der Waals surface area contributed by atoms with Crippen LogP contribution in [-0.2, 0) is 16.1 Å². The largest absolute Gasteiger partial charge is 0.366 e. The molecule has 6 nitrogen and oxygen atoms in total. The van der Waals surface area contributed by atoms with Crippen molar-refractivity contribution in [1.29, 1.82) is 0 Å². The lowest BCUT2D eigenvalue weighted by Crippen LogP contribution is -2.47. The van der Waals surface area contributed by atoms with Crippen molar-refractivity contribution in [2.24, 2.45) is 0 Å². The second-order valence-electron chi connectivity index (χ2n) is 6.85. The number of amides is 1. The van der Waals surface area contributed by atoms with Crippen LogP contribution < -0.4 is 5.32 Å². The number of nitrogens with zero attached hydrogens (tertiary/aromatic N) is 2. The molecule has 1 unspecified atom stereocenters. The van der Waals surface area contributed by atoms with Crippen molar-refractivity contribution in [3.63, 3.8) is 0 Å². The Morgan fingerprint density at radius 3 is 2.88 bits per heavy atom. The molecule has 1 aliphatic heterocycles. The van der Waals surface area contributed by atoms with Crippen LogP contribution in [0.15, 0.2) is 34.9 Å². The maximum absolute atomic E-state index is 12.7. The number of carbonyl (C=O) groups excluding carboxylic acids is 1. The average molecular weight is 341 g/mol. The van der Waals surface area contributed by atoms with E-state index in [1.165, 1.54) is 5.56 Å². The Bertz CT molecular complexity index is 740. The summed E-state index contributed by atoms with van der Waals surface area (Å²) in [5.74, 6) is 1.09. The first-order valence-electron chi connectivity index (χ1n) is 8.85. The molecule has 1 aromatic heterocycles. The van der Waals surface area contributed by atoms with Crippen molar-refractivity contribution in [2.45, 2.75) is 38.3 Å². The van der Waals surface area contributed by atoms with Crippen LogP contribution in [0.2, 0.25) is 0 Å². The molecule has 1 saturated carbocycles. The highest BCUT2D eigenvalue weighted by atomic mass is 16.5. The molecule has 2 fully saturated rings. The number of rotatable bonds is 5. The molecule has 1 amide bonds. The van der Waals surface area contributed by atoms with Gasteiger partial charge in [0.25, 0.3) is 5.91 Å². The number of carbonyl (C=O) groups is 1. The highest BCUT2D eigenvalue weighted by Gasteiger charge is 2.34. The minimum absolute atomic E-state index is 0.119. The van der Waals surface area contributed by atoms with Crippen LogP contribution in [0, 0.1) is 6.92 Å². The van der Waals surface area contributed by atoms with Gasteiger partial charge in [-0.2, -0.15) is 0 Å². The number of morpholine rings is 1. The van der Waals surface area contributed by atoms with E-state index in [1.807, 2.05) is 25.1 Å². The van der Waals surface area contributed by atoms with Crippen LogP contribution in [0.25, 0.3) is 0 Å². The van der Waals surface area contributed by atoms with Crippen molar-refractivity contribution >= 4 is 11.6 Å². The van der Waals surface area contributed by atoms with Gasteiger partial charge in [-0.05, 0) is 25.3 Å². The molecule has 1 aliphatic carbocycles. The standard InChI is InChI=1S/C19H23N3O3/c1-13-17(18(25-21-13)15-7-8-15)20-19(23)16-12-22(9-10-24-16)11-14-5-3-2-4-6-14/h2-6,15-16H,7-12H2,1H3,(H,20,23). The molecular formula is C19H23N3O3. The van der Waals surface area contributed by atoms with E-state index in [0.717, 1.165) is 43.1 Å². The second-order valence-corrected chi connectivity index (χ2v) is 6.85. The molecule has 2 aliphatic rings. The maximum atomic E-state index is 12.7. The third-order valence-corrected chi connectivity index (χ3v) is 4.78. The minimum Gasteiger partial charge on any atom is -0.366 e. The maximum Gasteiger partial charge on any atom is 0.254 e. The van der Waals surface area contributed by atoms with Gasteiger partial charge < -0.3 is 14.6 Å². The average Bonchev–Trinajstić information content (AvgIpc) is 3.41. The first-order valence-corrected chi connectivity index (χ1v) is 8.85. The fourth-order valence-electron chi connectivity index (χ4n) is 3.21. The summed E-state index contributed by atoms with van der Waals surface area (Å²) in [4.78, 5) is 14.9. The summed E-state index contributed by atoms with van der Waals surface area (Å²) in [6.45, 7) is 4.66. The summed E-state index contributed by atoms with van der Waals surface area (Å²) in [6.07, 6.45) is 1.73. The molecule has 1 saturated heterocycles. The summed E-state index contributed by atoms with van der Waals surface area (Å²) >= 11 is 0. The predicted octanol–water partition coefficient (Wildman–Crippen LogP) is 2.70. The molecule has 0 radical (unpaired) electrons. The fraction of sp³-hybridized carbons (Fsp3) is 0.474. The molecule has 2 aromatic rings. The zero-order chi connectivity index (χ0) is 17.2. The fourth-order valence-corrected chi connectivity index (χ4v) is 3.21. The van der Waals surface area contributed by atoms with Crippen molar-refractivity contribution in [2.75, 3.05) is 25.0 Å². The zero-order valence-electron chi connectivity index (χ0n) is 14.4. The van der Waals surface area contributed by atoms with Gasteiger partial charge in [-0.15, -0.1) is 0 Å². The third-order valence-electron chi connectivity index (χ3n) is 4.78. The normalized spacial score (nSPS) is 21.2. The molecular weight excluding hydrogens is 318 g/mol.